The summed E-state index contributed by atoms with van der Waals surface area (Å²) in [6, 6.07) is 16.8. The number of aromatic amines is 2. The van der Waals surface area contributed by atoms with Crippen LogP contribution < -0.4 is 5.32 Å². The molecule has 0 bridgehead atoms. The Bertz CT molecular complexity index is 1470. The minimum atomic E-state index is -0.164. The summed E-state index contributed by atoms with van der Waals surface area (Å²) >= 11 is 0. The van der Waals surface area contributed by atoms with Crippen LogP contribution in [-0.2, 0) is 9.59 Å². The van der Waals surface area contributed by atoms with Gasteiger partial charge in [0.2, 0.25) is 11.8 Å². The molecule has 1 aliphatic rings. The molecule has 3 N–H and O–H groups in total. The number of aromatic nitrogens is 4. The second-order valence-corrected chi connectivity index (χ2v) is 13.2. The summed E-state index contributed by atoms with van der Waals surface area (Å²) in [6.07, 6.45) is 6.75. The van der Waals surface area contributed by atoms with Crippen molar-refractivity contribution in [1.29, 1.82) is 0 Å². The molecule has 1 aliphatic heterocycles. The second-order valence-electron chi connectivity index (χ2n) is 13.2. The van der Waals surface area contributed by atoms with Crippen molar-refractivity contribution in [3.05, 3.63) is 72.6 Å². The van der Waals surface area contributed by atoms with E-state index in [0.717, 1.165) is 64.7 Å². The fraction of sp³-hybridized carbons (Fsp3) is 0.444. The van der Waals surface area contributed by atoms with Gasteiger partial charge >= 0.3 is 0 Å². The Balaban J connectivity index is 1.25. The van der Waals surface area contributed by atoms with Crippen LogP contribution in [0.3, 0.4) is 0 Å². The van der Waals surface area contributed by atoms with E-state index in [0.29, 0.717) is 24.7 Å². The van der Waals surface area contributed by atoms with Crippen LogP contribution in [0.5, 0.6) is 0 Å². The molecular formula is C36H46N6O2. The Hall–Kier alpha value is -4.20. The lowest BCUT2D eigenvalue weighted by molar-refractivity contribution is -0.133. The van der Waals surface area contributed by atoms with E-state index < -0.39 is 0 Å². The lowest BCUT2D eigenvalue weighted by Crippen LogP contribution is -2.33. The first-order chi connectivity index (χ1) is 21.1. The second kappa shape index (κ2) is 13.6. The zero-order chi connectivity index (χ0) is 31.4. The Morgan fingerprint density at radius 1 is 0.795 bits per heavy atom. The zero-order valence-electron chi connectivity index (χ0n) is 26.9. The van der Waals surface area contributed by atoms with E-state index in [2.05, 4.69) is 101 Å². The average Bonchev–Trinajstić information content (AvgIpc) is 3.76. The molecule has 2 unspecified atom stereocenters. The zero-order valence-corrected chi connectivity index (χ0v) is 26.9. The Kier molecular flexibility index (Phi) is 9.67. The van der Waals surface area contributed by atoms with Gasteiger partial charge in [0, 0.05) is 19.4 Å². The molecule has 2 amide bonds. The molecule has 8 heteroatoms. The predicted molar refractivity (Wildman–Crippen MR) is 175 cm³/mol. The fourth-order valence-electron chi connectivity index (χ4n) is 5.95. The smallest absolute Gasteiger partial charge is 0.223 e. The maximum absolute atomic E-state index is 12.8. The van der Waals surface area contributed by atoms with E-state index >= 15 is 0 Å². The summed E-state index contributed by atoms with van der Waals surface area (Å²) < 4.78 is 0. The van der Waals surface area contributed by atoms with Crippen LogP contribution in [0.25, 0.3) is 33.6 Å². The molecule has 8 nitrogen and oxygen atoms in total. The molecule has 4 aromatic rings. The molecule has 2 aromatic carbocycles. The number of amides is 2. The van der Waals surface area contributed by atoms with Crippen molar-refractivity contribution in [2.45, 2.75) is 79.3 Å². The Labute approximate surface area is 261 Å². The number of H-pyrrole nitrogens is 2. The summed E-state index contributed by atoms with van der Waals surface area (Å²) in [7, 11) is 0. The molecule has 44 heavy (non-hydrogen) atoms. The van der Waals surface area contributed by atoms with Crippen LogP contribution in [0.2, 0.25) is 0 Å². The number of benzene rings is 2. The van der Waals surface area contributed by atoms with Gasteiger partial charge in [0.25, 0.3) is 0 Å². The van der Waals surface area contributed by atoms with Crippen molar-refractivity contribution < 1.29 is 9.59 Å². The van der Waals surface area contributed by atoms with Crippen LogP contribution in [0.4, 0.5) is 0 Å². The van der Waals surface area contributed by atoms with Gasteiger partial charge in [0.1, 0.15) is 11.6 Å². The van der Waals surface area contributed by atoms with Gasteiger partial charge in [0.05, 0.1) is 35.9 Å². The van der Waals surface area contributed by atoms with E-state index in [-0.39, 0.29) is 29.8 Å². The highest BCUT2D eigenvalue weighted by Gasteiger charge is 2.32. The molecule has 1 saturated heterocycles. The molecular weight excluding hydrogens is 548 g/mol. The number of carbonyl (C=O) groups is 2. The summed E-state index contributed by atoms with van der Waals surface area (Å²) in [5.41, 5.74) is 6.23. The van der Waals surface area contributed by atoms with Crippen molar-refractivity contribution in [2.24, 2.45) is 17.8 Å². The summed E-state index contributed by atoms with van der Waals surface area (Å²) in [6.45, 7) is 13.2. The molecule has 0 spiro atoms. The van der Waals surface area contributed by atoms with Crippen molar-refractivity contribution in [3.63, 3.8) is 0 Å². The number of nitrogens with zero attached hydrogens (tertiary/aromatic N) is 3. The Morgan fingerprint density at radius 3 is 1.91 bits per heavy atom. The topological polar surface area (TPSA) is 107 Å². The molecule has 0 radical (unpaired) electrons. The summed E-state index contributed by atoms with van der Waals surface area (Å²) in [4.78, 5) is 43.4. The van der Waals surface area contributed by atoms with Crippen molar-refractivity contribution in [3.8, 4) is 33.6 Å². The number of nitrogens with one attached hydrogen (secondary N) is 3. The number of rotatable bonds is 11. The number of hydrogen-bond acceptors (Lipinski definition) is 4. The normalized spacial score (nSPS) is 15.8. The highest BCUT2D eigenvalue weighted by Crippen LogP contribution is 2.33. The lowest BCUT2D eigenvalue weighted by Gasteiger charge is -2.24. The number of imidazole rings is 2. The van der Waals surface area contributed by atoms with Crippen LogP contribution in [-0.4, -0.2) is 43.2 Å². The minimum Gasteiger partial charge on any atom is -0.346 e. The predicted octanol–water partition coefficient (Wildman–Crippen LogP) is 7.70. The van der Waals surface area contributed by atoms with E-state index in [1.807, 2.05) is 31.1 Å². The van der Waals surface area contributed by atoms with Gasteiger partial charge in [-0.05, 0) is 52.8 Å². The van der Waals surface area contributed by atoms with Crippen LogP contribution in [0.15, 0.2) is 60.9 Å². The van der Waals surface area contributed by atoms with Crippen molar-refractivity contribution in [2.75, 3.05) is 6.54 Å². The summed E-state index contributed by atoms with van der Waals surface area (Å²) in [5.74, 6) is 2.78. The molecule has 232 valence electrons. The quantitative estimate of drug-likeness (QED) is 0.165. The van der Waals surface area contributed by atoms with Crippen molar-refractivity contribution >= 4 is 11.8 Å². The fourth-order valence-corrected chi connectivity index (χ4v) is 5.95. The van der Waals surface area contributed by atoms with E-state index in [1.165, 1.54) is 0 Å². The first-order valence-corrected chi connectivity index (χ1v) is 16.0. The van der Waals surface area contributed by atoms with Gasteiger partial charge in [-0.25, -0.2) is 9.97 Å². The van der Waals surface area contributed by atoms with Crippen LogP contribution in [0, 0.1) is 17.8 Å². The van der Waals surface area contributed by atoms with E-state index in [1.54, 1.807) is 0 Å². The Morgan fingerprint density at radius 2 is 1.34 bits per heavy atom. The number of carbonyl (C=O) groups excluding carboxylic acids is 2. The SMILES string of the molecule is CC(C)CC(=O)NC(c1ncc(-c2ccc(-c3ccc(-c4cnc(C5CCCN5C(=O)CC(C)C)[nH]4)cc3)cc2)[nH]1)C(C)C. The molecule has 0 aliphatic carbocycles. The first kappa shape index (κ1) is 31.2. The molecule has 3 heterocycles. The monoisotopic (exact) mass is 594 g/mol. The minimum absolute atomic E-state index is 0.0265. The van der Waals surface area contributed by atoms with E-state index in [9.17, 15) is 9.59 Å². The van der Waals surface area contributed by atoms with Gasteiger partial charge in [-0.1, -0.05) is 90.1 Å². The lowest BCUT2D eigenvalue weighted by atomic mass is 10.0. The highest BCUT2D eigenvalue weighted by atomic mass is 16.2. The standard InChI is InChI=1S/C36H46N6O2/c1-22(2)18-32(43)41-34(24(5)6)36-38-21-30(40-36)28-15-11-26(12-16-28)25-9-13-27(14-10-25)29-20-37-35(39-29)31-8-7-17-42(31)33(44)19-23(3)4/h9-16,20-24,31,34H,7-8,17-19H2,1-6H3,(H,37,39)(H,38,40)(H,41,43). The molecule has 1 fully saturated rings. The third-order valence-corrected chi connectivity index (χ3v) is 8.26. The molecule has 2 atom stereocenters. The molecule has 0 saturated carbocycles. The average molecular weight is 595 g/mol. The number of hydrogen-bond donors (Lipinski definition) is 3. The van der Waals surface area contributed by atoms with Gasteiger partial charge in [-0.15, -0.1) is 0 Å². The number of likely N-dealkylation sites (tertiary alicyclic amines) is 1. The maximum Gasteiger partial charge on any atom is 0.223 e. The maximum atomic E-state index is 12.8. The van der Waals surface area contributed by atoms with Gasteiger partial charge in [0.15, 0.2) is 0 Å². The first-order valence-electron chi connectivity index (χ1n) is 16.0. The largest absolute Gasteiger partial charge is 0.346 e. The molecule has 2 aromatic heterocycles. The summed E-state index contributed by atoms with van der Waals surface area (Å²) in [5, 5.41) is 3.15. The van der Waals surface area contributed by atoms with Crippen LogP contribution in [0.1, 0.15) is 91.0 Å². The van der Waals surface area contributed by atoms with E-state index in [4.69, 9.17) is 0 Å². The highest BCUT2D eigenvalue weighted by molar-refractivity contribution is 5.77. The van der Waals surface area contributed by atoms with Crippen molar-refractivity contribution in [1.82, 2.24) is 30.2 Å². The van der Waals surface area contributed by atoms with Gasteiger partial charge < -0.3 is 20.2 Å². The molecule has 5 rings (SSSR count). The van der Waals surface area contributed by atoms with Gasteiger partial charge in [-0.3, -0.25) is 9.59 Å². The van der Waals surface area contributed by atoms with Crippen LogP contribution >= 0.6 is 0 Å². The third kappa shape index (κ3) is 7.29. The third-order valence-electron chi connectivity index (χ3n) is 8.26. The van der Waals surface area contributed by atoms with Gasteiger partial charge in [-0.2, -0.15) is 0 Å².